The van der Waals surface area contributed by atoms with Crippen LogP contribution in [0.2, 0.25) is 0 Å². The molecule has 2 heterocycles. The summed E-state index contributed by atoms with van der Waals surface area (Å²) in [5.74, 6) is 0.573. The second-order valence-electron chi connectivity index (χ2n) is 6.79. The topological polar surface area (TPSA) is 79.5 Å². The number of likely N-dealkylation sites (N-methyl/N-ethyl adjacent to an activating group) is 1. The third kappa shape index (κ3) is 3.62. The molecule has 0 spiro atoms. The fraction of sp³-hybridized carbons (Fsp3) is 0.647. The second kappa shape index (κ2) is 7.36. The number of aliphatic hydroxyl groups is 1. The van der Waals surface area contributed by atoms with Crippen LogP contribution in [-0.4, -0.2) is 39.3 Å². The molecule has 7 heteroatoms. The number of aromatic nitrogens is 2. The first-order valence-electron chi connectivity index (χ1n) is 8.37. The van der Waals surface area contributed by atoms with Gasteiger partial charge in [0.25, 0.3) is 5.56 Å². The van der Waals surface area contributed by atoms with Crippen LogP contribution in [0.15, 0.2) is 21.4 Å². The fourth-order valence-electron chi connectivity index (χ4n) is 3.07. The van der Waals surface area contributed by atoms with Crippen molar-refractivity contribution in [2.75, 3.05) is 19.4 Å². The summed E-state index contributed by atoms with van der Waals surface area (Å²) in [5, 5.41) is 12.5. The maximum absolute atomic E-state index is 12.9. The van der Waals surface area contributed by atoms with E-state index in [2.05, 4.69) is 5.32 Å². The minimum absolute atomic E-state index is 0.163. The number of rotatable bonds is 6. The van der Waals surface area contributed by atoms with Gasteiger partial charge in [-0.1, -0.05) is 0 Å². The number of fused-ring (bicyclic) bond motifs is 1. The zero-order chi connectivity index (χ0) is 18.0. The van der Waals surface area contributed by atoms with Gasteiger partial charge in [0.1, 0.15) is 5.82 Å². The predicted octanol–water partition coefficient (Wildman–Crippen LogP) is 1.03. The van der Waals surface area contributed by atoms with E-state index in [0.717, 1.165) is 12.1 Å². The van der Waals surface area contributed by atoms with E-state index >= 15 is 0 Å². The number of anilines is 1. The van der Waals surface area contributed by atoms with Gasteiger partial charge in [-0.05, 0) is 53.3 Å². The number of nitrogens with one attached hydrogen (secondary N) is 1. The van der Waals surface area contributed by atoms with E-state index in [1.807, 2.05) is 32.0 Å². The summed E-state index contributed by atoms with van der Waals surface area (Å²) in [6, 6.07) is -0.163. The van der Waals surface area contributed by atoms with Crippen LogP contribution in [0, 0.1) is 0 Å². The van der Waals surface area contributed by atoms with E-state index in [9.17, 15) is 14.7 Å². The number of aliphatic hydroxyl groups excluding tert-OH is 1. The van der Waals surface area contributed by atoms with Gasteiger partial charge in [0.2, 0.25) is 0 Å². The molecule has 1 unspecified atom stereocenters. The van der Waals surface area contributed by atoms with Crippen molar-refractivity contribution in [3.8, 4) is 0 Å². The second-order valence-corrected chi connectivity index (χ2v) is 6.79. The van der Waals surface area contributed by atoms with Gasteiger partial charge in [-0.2, -0.15) is 0 Å². The lowest BCUT2D eigenvalue weighted by Crippen LogP contribution is -2.45. The summed E-state index contributed by atoms with van der Waals surface area (Å²) in [7, 11) is 5.52. The van der Waals surface area contributed by atoms with Crippen LogP contribution in [0.25, 0.3) is 0 Å². The Morgan fingerprint density at radius 3 is 2.58 bits per heavy atom. The first kappa shape index (κ1) is 18.5. The van der Waals surface area contributed by atoms with Crippen molar-refractivity contribution in [3.05, 3.63) is 38.2 Å². The van der Waals surface area contributed by atoms with Crippen molar-refractivity contribution < 1.29 is 5.11 Å². The van der Waals surface area contributed by atoms with E-state index in [1.54, 1.807) is 14.0 Å². The lowest BCUT2D eigenvalue weighted by Gasteiger charge is -2.30. The van der Waals surface area contributed by atoms with Gasteiger partial charge in [0, 0.05) is 19.3 Å². The molecule has 2 N–H and O–H groups in total. The highest BCUT2D eigenvalue weighted by Crippen LogP contribution is 2.29. The largest absolute Gasteiger partial charge is 0.393 e. The quantitative estimate of drug-likeness (QED) is 0.759. The molecular weight excluding hydrogens is 308 g/mol. The molecule has 0 saturated heterocycles. The van der Waals surface area contributed by atoms with Crippen molar-refractivity contribution in [3.63, 3.8) is 0 Å². The molecule has 0 amide bonds. The molecule has 1 aromatic rings. The Bertz CT molecular complexity index is 743. The molecule has 0 aromatic carbocycles. The van der Waals surface area contributed by atoms with E-state index in [4.69, 9.17) is 0 Å². The molecule has 24 heavy (non-hydrogen) atoms. The summed E-state index contributed by atoms with van der Waals surface area (Å²) in [6.07, 6.45) is 3.77. The van der Waals surface area contributed by atoms with E-state index in [0.29, 0.717) is 30.8 Å². The summed E-state index contributed by atoms with van der Waals surface area (Å²) >= 11 is 0. The molecule has 2 atom stereocenters. The van der Waals surface area contributed by atoms with Crippen LogP contribution in [0.3, 0.4) is 0 Å². The lowest BCUT2D eigenvalue weighted by molar-refractivity contribution is 0.180. The standard InChI is InChI=1S/C17H28N4O3/c1-11-10-13(19(3)4)14-15(18-11)20(5)17(24)21(16(14)23)9-7-6-8-12(2)22/h10,12-13,18,22H,6-9H2,1-5H3/t12-,13?/m1/s1. The van der Waals surface area contributed by atoms with Gasteiger partial charge in [0.15, 0.2) is 0 Å². The third-order valence-corrected chi connectivity index (χ3v) is 4.41. The molecule has 1 aliphatic rings. The van der Waals surface area contributed by atoms with Gasteiger partial charge in [-0.15, -0.1) is 0 Å². The van der Waals surface area contributed by atoms with Crippen molar-refractivity contribution >= 4 is 5.82 Å². The smallest absolute Gasteiger partial charge is 0.332 e. The highest BCUT2D eigenvalue weighted by atomic mass is 16.3. The first-order chi connectivity index (χ1) is 11.2. The van der Waals surface area contributed by atoms with Crippen molar-refractivity contribution in [1.29, 1.82) is 0 Å². The van der Waals surface area contributed by atoms with Crippen LogP contribution < -0.4 is 16.6 Å². The van der Waals surface area contributed by atoms with Crippen molar-refractivity contribution in [2.24, 2.45) is 7.05 Å². The van der Waals surface area contributed by atoms with Crippen LogP contribution in [0.1, 0.15) is 44.7 Å². The Morgan fingerprint density at radius 2 is 2.00 bits per heavy atom. The van der Waals surface area contributed by atoms with Crippen molar-refractivity contribution in [2.45, 2.75) is 51.8 Å². The zero-order valence-corrected chi connectivity index (χ0v) is 15.2. The number of allylic oxidation sites excluding steroid dienone is 1. The Labute approximate surface area is 142 Å². The Hall–Kier alpha value is -1.86. The maximum atomic E-state index is 12.9. The molecule has 134 valence electrons. The summed E-state index contributed by atoms with van der Waals surface area (Å²) in [6.45, 7) is 4.03. The van der Waals surface area contributed by atoms with Gasteiger partial charge in [-0.25, -0.2) is 4.79 Å². The maximum Gasteiger partial charge on any atom is 0.332 e. The van der Waals surface area contributed by atoms with Crippen LogP contribution in [-0.2, 0) is 13.6 Å². The van der Waals surface area contributed by atoms with Crippen LogP contribution in [0.5, 0.6) is 0 Å². The molecular formula is C17H28N4O3. The lowest BCUT2D eigenvalue weighted by atomic mass is 10.0. The van der Waals surface area contributed by atoms with Crippen LogP contribution in [0.4, 0.5) is 5.82 Å². The van der Waals surface area contributed by atoms with E-state index < -0.39 is 0 Å². The summed E-state index contributed by atoms with van der Waals surface area (Å²) in [4.78, 5) is 27.5. The minimum Gasteiger partial charge on any atom is -0.393 e. The van der Waals surface area contributed by atoms with Crippen LogP contribution >= 0.6 is 0 Å². The summed E-state index contributed by atoms with van der Waals surface area (Å²) < 4.78 is 2.83. The number of hydrogen-bond acceptors (Lipinski definition) is 5. The monoisotopic (exact) mass is 336 g/mol. The number of unbranched alkanes of at least 4 members (excludes halogenated alkanes) is 1. The molecule has 1 aliphatic heterocycles. The first-order valence-corrected chi connectivity index (χ1v) is 8.37. The molecule has 0 fully saturated rings. The minimum atomic E-state index is -0.358. The Morgan fingerprint density at radius 1 is 1.33 bits per heavy atom. The van der Waals surface area contributed by atoms with Gasteiger partial charge in [-0.3, -0.25) is 18.8 Å². The Balaban J connectivity index is 2.43. The van der Waals surface area contributed by atoms with Gasteiger partial charge < -0.3 is 10.4 Å². The molecule has 7 nitrogen and oxygen atoms in total. The summed E-state index contributed by atoms with van der Waals surface area (Å²) in [5.41, 5.74) is 0.976. The Kier molecular flexibility index (Phi) is 5.66. The van der Waals surface area contributed by atoms with Gasteiger partial charge >= 0.3 is 5.69 Å². The molecule has 2 rings (SSSR count). The third-order valence-electron chi connectivity index (χ3n) is 4.41. The predicted molar refractivity (Wildman–Crippen MR) is 95.3 cm³/mol. The molecule has 0 bridgehead atoms. The van der Waals surface area contributed by atoms with E-state index in [-0.39, 0.29) is 23.4 Å². The average molecular weight is 336 g/mol. The highest BCUT2D eigenvalue weighted by Gasteiger charge is 2.28. The fourth-order valence-corrected chi connectivity index (χ4v) is 3.07. The molecule has 0 radical (unpaired) electrons. The molecule has 0 saturated carbocycles. The SMILES string of the molecule is CC1=CC(N(C)C)c2c(n(C)c(=O)n(CCCC[C@@H](C)O)c2=O)N1. The zero-order valence-electron chi connectivity index (χ0n) is 15.2. The van der Waals surface area contributed by atoms with E-state index in [1.165, 1.54) is 9.13 Å². The molecule has 1 aromatic heterocycles. The average Bonchev–Trinajstić information content (AvgIpc) is 2.50. The van der Waals surface area contributed by atoms with Crippen molar-refractivity contribution in [1.82, 2.24) is 14.0 Å². The van der Waals surface area contributed by atoms with Gasteiger partial charge in [0.05, 0.1) is 17.7 Å². The normalized spacial score (nSPS) is 18.1. The molecule has 0 aliphatic carbocycles. The highest BCUT2D eigenvalue weighted by molar-refractivity contribution is 5.54. The number of hydrogen-bond donors (Lipinski definition) is 2. The number of nitrogens with zero attached hydrogens (tertiary/aromatic N) is 3.